The average molecular weight is 379 g/mol. The zero-order chi connectivity index (χ0) is 19.9. The molecule has 9 heteroatoms. The summed E-state index contributed by atoms with van der Waals surface area (Å²) >= 11 is 0. The summed E-state index contributed by atoms with van der Waals surface area (Å²) in [4.78, 5) is 8.90. The predicted octanol–water partition coefficient (Wildman–Crippen LogP) is 3.61. The summed E-state index contributed by atoms with van der Waals surface area (Å²) in [7, 11) is 0. The van der Waals surface area contributed by atoms with Crippen molar-refractivity contribution in [3.63, 3.8) is 0 Å². The maximum absolute atomic E-state index is 10.6. The van der Waals surface area contributed by atoms with Crippen LogP contribution in [0.5, 0.6) is 0 Å². The Morgan fingerprint density at radius 2 is 1.56 bits per heavy atom. The fourth-order valence-electron chi connectivity index (χ4n) is 2.04. The lowest BCUT2D eigenvalue weighted by Gasteiger charge is -2.06. The number of halogens is 3. The van der Waals surface area contributed by atoms with Crippen molar-refractivity contribution in [1.29, 1.82) is 0 Å². The van der Waals surface area contributed by atoms with E-state index in [4.69, 9.17) is 20.1 Å². The molecule has 1 heterocycles. The molecule has 0 fully saturated rings. The van der Waals surface area contributed by atoms with Crippen LogP contribution in [-0.2, 0) is 11.2 Å². The van der Waals surface area contributed by atoms with Gasteiger partial charge in [0.05, 0.1) is 6.04 Å². The molecule has 2 aromatic carbocycles. The Morgan fingerprint density at radius 3 is 2.07 bits per heavy atom. The Labute approximate surface area is 152 Å². The molecule has 0 amide bonds. The molecule has 1 aromatic heterocycles. The minimum Gasteiger partial charge on any atom is -0.475 e. The highest BCUT2D eigenvalue weighted by Gasteiger charge is 2.38. The fraction of sp³-hybridized carbons (Fsp3) is 0.167. The molecule has 142 valence electrons. The first kappa shape index (κ1) is 20.1. The first-order chi connectivity index (χ1) is 12.8. The molecule has 0 saturated heterocycles. The van der Waals surface area contributed by atoms with Crippen molar-refractivity contribution < 1.29 is 27.5 Å². The second-order valence-corrected chi connectivity index (χ2v) is 5.41. The lowest BCUT2D eigenvalue weighted by atomic mass is 10.1. The molecule has 0 saturated carbocycles. The van der Waals surface area contributed by atoms with Crippen molar-refractivity contribution in [2.45, 2.75) is 18.6 Å². The highest BCUT2D eigenvalue weighted by molar-refractivity contribution is 5.73. The number of alkyl halides is 3. The number of nitrogens with zero attached hydrogens (tertiary/aromatic N) is 2. The van der Waals surface area contributed by atoms with Gasteiger partial charge in [0.1, 0.15) is 0 Å². The normalized spacial score (nSPS) is 12.0. The number of carboxylic acid groups (broad SMARTS) is 1. The highest BCUT2D eigenvalue weighted by atomic mass is 19.4. The summed E-state index contributed by atoms with van der Waals surface area (Å²) in [6, 6.07) is 19.4. The third-order valence-electron chi connectivity index (χ3n) is 3.32. The first-order valence-corrected chi connectivity index (χ1v) is 7.76. The van der Waals surface area contributed by atoms with Gasteiger partial charge in [-0.05, 0) is 24.1 Å². The number of carboxylic acids is 1. The van der Waals surface area contributed by atoms with Crippen molar-refractivity contribution in [2.24, 2.45) is 5.73 Å². The summed E-state index contributed by atoms with van der Waals surface area (Å²) in [6.07, 6.45) is -4.41. The van der Waals surface area contributed by atoms with Gasteiger partial charge in [0.2, 0.25) is 11.8 Å². The number of aliphatic carboxylic acids is 1. The molecular formula is C18H16F3N3O3. The van der Waals surface area contributed by atoms with Crippen LogP contribution < -0.4 is 5.73 Å². The van der Waals surface area contributed by atoms with E-state index in [1.54, 1.807) is 0 Å². The van der Waals surface area contributed by atoms with E-state index in [1.165, 1.54) is 0 Å². The molecule has 0 aliphatic heterocycles. The van der Waals surface area contributed by atoms with E-state index >= 15 is 0 Å². The monoisotopic (exact) mass is 379 g/mol. The van der Waals surface area contributed by atoms with Gasteiger partial charge in [-0.2, -0.15) is 13.2 Å². The summed E-state index contributed by atoms with van der Waals surface area (Å²) in [5.41, 5.74) is 8.18. The van der Waals surface area contributed by atoms with Crippen molar-refractivity contribution in [2.75, 3.05) is 0 Å². The van der Waals surface area contributed by atoms with Gasteiger partial charge >= 0.3 is 12.1 Å². The van der Waals surface area contributed by atoms with Gasteiger partial charge in [-0.15, -0.1) is 10.2 Å². The van der Waals surface area contributed by atoms with Crippen molar-refractivity contribution in [1.82, 2.24) is 10.2 Å². The molecule has 0 aliphatic rings. The van der Waals surface area contributed by atoms with Gasteiger partial charge in [0.25, 0.3) is 0 Å². The second-order valence-electron chi connectivity index (χ2n) is 5.41. The molecule has 0 aliphatic carbocycles. The molecule has 27 heavy (non-hydrogen) atoms. The Hall–Kier alpha value is -3.20. The molecule has 0 spiro atoms. The first-order valence-electron chi connectivity index (χ1n) is 7.76. The van der Waals surface area contributed by atoms with Gasteiger partial charge in [0.15, 0.2) is 0 Å². The maximum atomic E-state index is 10.6. The van der Waals surface area contributed by atoms with Crippen molar-refractivity contribution >= 4 is 5.97 Å². The molecule has 1 unspecified atom stereocenters. The second kappa shape index (κ2) is 8.95. The number of hydrogen-bond acceptors (Lipinski definition) is 5. The number of aromatic nitrogens is 2. The zero-order valence-corrected chi connectivity index (χ0v) is 13.9. The van der Waals surface area contributed by atoms with E-state index in [0.29, 0.717) is 18.2 Å². The van der Waals surface area contributed by atoms with Crippen LogP contribution in [0.3, 0.4) is 0 Å². The van der Waals surface area contributed by atoms with Crippen LogP contribution in [0.1, 0.15) is 17.5 Å². The quantitative estimate of drug-likeness (QED) is 0.718. The zero-order valence-electron chi connectivity index (χ0n) is 13.9. The van der Waals surface area contributed by atoms with E-state index in [1.807, 2.05) is 60.7 Å². The van der Waals surface area contributed by atoms with Crippen LogP contribution in [0.25, 0.3) is 11.5 Å². The van der Waals surface area contributed by atoms with E-state index in [0.717, 1.165) is 11.1 Å². The molecule has 1 atom stereocenters. The molecule has 0 radical (unpaired) electrons. The third-order valence-corrected chi connectivity index (χ3v) is 3.32. The molecule has 3 aromatic rings. The molecule has 0 bridgehead atoms. The maximum Gasteiger partial charge on any atom is 0.490 e. The minimum absolute atomic E-state index is 0.289. The van der Waals surface area contributed by atoms with Gasteiger partial charge < -0.3 is 15.3 Å². The van der Waals surface area contributed by atoms with Crippen molar-refractivity contribution in [3.8, 4) is 11.5 Å². The standard InChI is InChI=1S/C16H15N3O.C2HF3O2/c17-14(11-12-7-3-1-4-8-12)16-19-18-15(20-16)13-9-5-2-6-10-13;3-2(4,5)1(6)7/h1-10,14H,11,17H2;(H,6,7). The van der Waals surface area contributed by atoms with Gasteiger partial charge in [0, 0.05) is 5.56 Å². The Kier molecular flexibility index (Phi) is 6.67. The summed E-state index contributed by atoms with van der Waals surface area (Å²) in [5, 5.41) is 15.2. The van der Waals surface area contributed by atoms with Gasteiger partial charge in [-0.3, -0.25) is 0 Å². The number of nitrogens with two attached hydrogens (primary N) is 1. The highest BCUT2D eigenvalue weighted by Crippen LogP contribution is 2.21. The van der Waals surface area contributed by atoms with E-state index in [9.17, 15) is 13.2 Å². The average Bonchev–Trinajstić information content (AvgIpc) is 3.13. The predicted molar refractivity (Wildman–Crippen MR) is 90.5 cm³/mol. The van der Waals surface area contributed by atoms with Crippen LogP contribution in [0.4, 0.5) is 13.2 Å². The topological polar surface area (TPSA) is 102 Å². The molecule has 3 rings (SSSR count). The Bertz CT molecular complexity index is 852. The van der Waals surface area contributed by atoms with Crippen molar-refractivity contribution in [3.05, 3.63) is 72.1 Å². The number of benzene rings is 2. The smallest absolute Gasteiger partial charge is 0.475 e. The summed E-state index contributed by atoms with van der Waals surface area (Å²) in [6.45, 7) is 0. The van der Waals surface area contributed by atoms with Crippen LogP contribution in [0.2, 0.25) is 0 Å². The number of hydrogen-bond donors (Lipinski definition) is 2. The summed E-state index contributed by atoms with van der Waals surface area (Å²) in [5.74, 6) is -1.79. The number of rotatable bonds is 4. The van der Waals surface area contributed by atoms with Crippen LogP contribution >= 0.6 is 0 Å². The Morgan fingerprint density at radius 1 is 1.04 bits per heavy atom. The van der Waals surface area contributed by atoms with Crippen LogP contribution in [-0.4, -0.2) is 27.4 Å². The SMILES string of the molecule is NC(Cc1ccccc1)c1nnc(-c2ccccc2)o1.O=C(O)C(F)(F)F. The van der Waals surface area contributed by atoms with E-state index < -0.39 is 12.1 Å². The Balaban J connectivity index is 0.000000321. The fourth-order valence-corrected chi connectivity index (χ4v) is 2.04. The summed E-state index contributed by atoms with van der Waals surface area (Å²) < 4.78 is 37.4. The van der Waals surface area contributed by atoms with Gasteiger partial charge in [-0.1, -0.05) is 48.5 Å². The van der Waals surface area contributed by atoms with E-state index in [-0.39, 0.29) is 6.04 Å². The van der Waals surface area contributed by atoms with E-state index in [2.05, 4.69) is 10.2 Å². The third kappa shape index (κ3) is 6.23. The molecule has 6 nitrogen and oxygen atoms in total. The minimum atomic E-state index is -5.08. The lowest BCUT2D eigenvalue weighted by molar-refractivity contribution is -0.192. The lowest BCUT2D eigenvalue weighted by Crippen LogP contribution is -2.21. The largest absolute Gasteiger partial charge is 0.490 e. The van der Waals surface area contributed by atoms with Crippen LogP contribution in [0.15, 0.2) is 65.1 Å². The van der Waals surface area contributed by atoms with Gasteiger partial charge in [-0.25, -0.2) is 4.79 Å². The van der Waals surface area contributed by atoms with Crippen LogP contribution in [0, 0.1) is 0 Å². The number of carbonyl (C=O) groups is 1. The molecule has 3 N–H and O–H groups in total. The molecular weight excluding hydrogens is 363 g/mol.